The first kappa shape index (κ1) is 24.6. The number of likely N-dealkylation sites (N-methyl/N-ethyl adjacent to an activating group) is 1. The highest BCUT2D eigenvalue weighted by atomic mass is 32.2. The van der Waals surface area contributed by atoms with Gasteiger partial charge in [0.05, 0.1) is 22.9 Å². The van der Waals surface area contributed by atoms with Crippen molar-refractivity contribution >= 4 is 38.9 Å². The number of hydrogen-bond donors (Lipinski definition) is 1. The number of carboxylic acid groups (broad SMARTS) is 1. The number of amides is 2. The van der Waals surface area contributed by atoms with Gasteiger partial charge in [-0.25, -0.2) is 27.2 Å². The molecule has 0 radical (unpaired) electrons. The van der Waals surface area contributed by atoms with E-state index >= 15 is 0 Å². The third-order valence-electron chi connectivity index (χ3n) is 5.99. The van der Waals surface area contributed by atoms with E-state index in [4.69, 9.17) is 0 Å². The van der Waals surface area contributed by atoms with Crippen LogP contribution < -0.4 is 4.90 Å². The Morgan fingerprint density at radius 1 is 1.14 bits per heavy atom. The molecule has 4 rings (SSSR count). The van der Waals surface area contributed by atoms with Crippen molar-refractivity contribution in [2.75, 3.05) is 38.6 Å². The van der Waals surface area contributed by atoms with Crippen LogP contribution in [0, 0.1) is 6.92 Å². The van der Waals surface area contributed by atoms with Gasteiger partial charge in [-0.2, -0.15) is 0 Å². The summed E-state index contributed by atoms with van der Waals surface area (Å²) in [5.74, 6) is -0.00155. The minimum Gasteiger partial charge on any atom is -0.465 e. The van der Waals surface area contributed by atoms with E-state index in [-0.39, 0.29) is 35.4 Å². The molecule has 0 bridgehead atoms. The molecular weight excluding hydrogens is 472 g/mol. The van der Waals surface area contributed by atoms with E-state index in [1.165, 1.54) is 34.5 Å². The van der Waals surface area contributed by atoms with Crippen LogP contribution in [-0.4, -0.2) is 89.0 Å². The number of rotatable bonds is 6. The maximum absolute atomic E-state index is 13.4. The Bertz CT molecular complexity index is 1350. The number of nitrogens with zero attached hydrogens (tertiary/aromatic N) is 6. The Hall–Kier alpha value is -3.51. The highest BCUT2D eigenvalue weighted by Gasteiger charge is 2.34. The fourth-order valence-corrected chi connectivity index (χ4v) is 5.61. The van der Waals surface area contributed by atoms with Gasteiger partial charge in [-0.15, -0.1) is 0 Å². The molecule has 11 nitrogen and oxygen atoms in total. The standard InChI is InChI=1S/C23H28N6O5S/c1-16-6-8-18(9-7-16)35(33,34)28-12-10-19-21(28)24-15-25-22(19)29(20(30)14-26(2)3)17-5-4-11-27(13-17)23(31)32/h6-10,12,15,17H,4-5,11,13-14H2,1-3H3,(H,31,32). The molecule has 1 fully saturated rings. The maximum atomic E-state index is 13.4. The van der Waals surface area contributed by atoms with Gasteiger partial charge in [0, 0.05) is 19.3 Å². The molecule has 35 heavy (non-hydrogen) atoms. The van der Waals surface area contributed by atoms with Gasteiger partial charge in [0.25, 0.3) is 10.0 Å². The van der Waals surface area contributed by atoms with Gasteiger partial charge in [0.1, 0.15) is 12.1 Å². The summed E-state index contributed by atoms with van der Waals surface area (Å²) in [6.45, 7) is 2.49. The minimum absolute atomic E-state index is 0.0808. The van der Waals surface area contributed by atoms with Gasteiger partial charge in [0.2, 0.25) is 5.91 Å². The third kappa shape index (κ3) is 4.84. The van der Waals surface area contributed by atoms with Crippen molar-refractivity contribution in [2.24, 2.45) is 0 Å². The lowest BCUT2D eigenvalue weighted by molar-refractivity contribution is -0.120. The highest BCUT2D eigenvalue weighted by Crippen LogP contribution is 2.30. The van der Waals surface area contributed by atoms with Crippen LogP contribution in [0.5, 0.6) is 0 Å². The van der Waals surface area contributed by atoms with E-state index in [0.29, 0.717) is 24.8 Å². The third-order valence-corrected chi connectivity index (χ3v) is 7.67. The van der Waals surface area contributed by atoms with Crippen LogP contribution in [-0.2, 0) is 14.8 Å². The number of likely N-dealkylation sites (tertiary alicyclic amines) is 1. The van der Waals surface area contributed by atoms with Gasteiger partial charge in [0.15, 0.2) is 5.65 Å². The minimum atomic E-state index is -3.94. The first-order valence-corrected chi connectivity index (χ1v) is 12.6. The zero-order chi connectivity index (χ0) is 25.3. The molecule has 3 heterocycles. The molecule has 1 atom stereocenters. The first-order chi connectivity index (χ1) is 16.6. The van der Waals surface area contributed by atoms with E-state index in [9.17, 15) is 23.1 Å². The summed E-state index contributed by atoms with van der Waals surface area (Å²) < 4.78 is 27.8. The van der Waals surface area contributed by atoms with Gasteiger partial charge in [-0.1, -0.05) is 17.7 Å². The normalized spacial score (nSPS) is 16.6. The predicted molar refractivity (Wildman–Crippen MR) is 130 cm³/mol. The topological polar surface area (TPSA) is 129 Å². The van der Waals surface area contributed by atoms with Crippen LogP contribution in [0.15, 0.2) is 47.8 Å². The van der Waals surface area contributed by atoms with Crippen molar-refractivity contribution in [3.63, 3.8) is 0 Å². The number of carbonyl (C=O) groups is 2. The van der Waals surface area contributed by atoms with Crippen LogP contribution in [0.1, 0.15) is 18.4 Å². The summed E-state index contributed by atoms with van der Waals surface area (Å²) in [5.41, 5.74) is 1.08. The van der Waals surface area contributed by atoms with Crippen molar-refractivity contribution in [1.29, 1.82) is 0 Å². The number of carbonyl (C=O) groups excluding carboxylic acids is 1. The molecule has 186 valence electrons. The van der Waals surface area contributed by atoms with Crippen molar-refractivity contribution in [1.82, 2.24) is 23.7 Å². The van der Waals surface area contributed by atoms with Gasteiger partial charge < -0.3 is 14.9 Å². The van der Waals surface area contributed by atoms with E-state index in [0.717, 1.165) is 9.54 Å². The average Bonchev–Trinajstić information content (AvgIpc) is 3.25. The molecule has 1 aliphatic heterocycles. The smallest absolute Gasteiger partial charge is 0.407 e. The number of fused-ring (bicyclic) bond motifs is 1. The van der Waals surface area contributed by atoms with Crippen molar-refractivity contribution < 1.29 is 23.1 Å². The SMILES string of the molecule is Cc1ccc(S(=O)(=O)n2ccc3c(N(C(=O)CN(C)C)C4CCCN(C(=O)O)C4)ncnc32)cc1. The van der Waals surface area contributed by atoms with Crippen molar-refractivity contribution in [3.05, 3.63) is 48.4 Å². The molecule has 0 saturated carbocycles. The molecular formula is C23H28N6O5S. The maximum Gasteiger partial charge on any atom is 0.407 e. The predicted octanol–water partition coefficient (Wildman–Crippen LogP) is 2.01. The van der Waals surface area contributed by atoms with E-state index in [1.807, 2.05) is 6.92 Å². The fraction of sp³-hybridized carbons (Fsp3) is 0.391. The number of aryl methyl sites for hydroxylation is 1. The summed E-state index contributed by atoms with van der Waals surface area (Å²) >= 11 is 0. The Balaban J connectivity index is 1.81. The Labute approximate surface area is 203 Å². The summed E-state index contributed by atoms with van der Waals surface area (Å²) in [6.07, 6.45) is 2.78. The van der Waals surface area contributed by atoms with Crippen LogP contribution in [0.3, 0.4) is 0 Å². The monoisotopic (exact) mass is 500 g/mol. The highest BCUT2D eigenvalue weighted by molar-refractivity contribution is 7.90. The summed E-state index contributed by atoms with van der Waals surface area (Å²) in [5, 5.41) is 9.89. The Morgan fingerprint density at radius 2 is 1.86 bits per heavy atom. The van der Waals surface area contributed by atoms with Crippen molar-refractivity contribution in [3.8, 4) is 0 Å². The largest absolute Gasteiger partial charge is 0.465 e. The van der Waals surface area contributed by atoms with E-state index < -0.39 is 22.2 Å². The zero-order valence-electron chi connectivity index (χ0n) is 19.8. The molecule has 0 spiro atoms. The average molecular weight is 501 g/mol. The molecule has 12 heteroatoms. The zero-order valence-corrected chi connectivity index (χ0v) is 20.6. The van der Waals surface area contributed by atoms with E-state index in [2.05, 4.69) is 9.97 Å². The van der Waals surface area contributed by atoms with Crippen molar-refractivity contribution in [2.45, 2.75) is 30.7 Å². The van der Waals surface area contributed by atoms with Crippen LogP contribution in [0.4, 0.5) is 10.6 Å². The lowest BCUT2D eigenvalue weighted by Gasteiger charge is -2.38. The second-order valence-corrected chi connectivity index (χ2v) is 10.7. The molecule has 1 aromatic carbocycles. The number of aromatic nitrogens is 3. The van der Waals surface area contributed by atoms with Crippen LogP contribution >= 0.6 is 0 Å². The number of anilines is 1. The number of piperidine rings is 1. The molecule has 2 amide bonds. The second-order valence-electron chi connectivity index (χ2n) is 8.89. The second kappa shape index (κ2) is 9.62. The Kier molecular flexibility index (Phi) is 6.77. The van der Waals surface area contributed by atoms with E-state index in [1.54, 1.807) is 37.2 Å². The number of benzene rings is 1. The summed E-state index contributed by atoms with van der Waals surface area (Å²) in [6, 6.07) is 7.64. The summed E-state index contributed by atoms with van der Waals surface area (Å²) in [4.78, 5) is 38.2. The summed E-state index contributed by atoms with van der Waals surface area (Å²) in [7, 11) is -0.408. The molecule has 3 aromatic rings. The van der Waals surface area contributed by atoms with Gasteiger partial charge in [-0.05, 0) is 52.1 Å². The van der Waals surface area contributed by atoms with Gasteiger partial charge in [-0.3, -0.25) is 9.69 Å². The lowest BCUT2D eigenvalue weighted by atomic mass is 10.0. The molecule has 1 saturated heterocycles. The van der Waals surface area contributed by atoms with Gasteiger partial charge >= 0.3 is 6.09 Å². The fourth-order valence-electron chi connectivity index (χ4n) is 4.31. The quantitative estimate of drug-likeness (QED) is 0.544. The molecule has 0 aliphatic carbocycles. The molecule has 1 unspecified atom stereocenters. The Morgan fingerprint density at radius 3 is 2.51 bits per heavy atom. The number of hydrogen-bond acceptors (Lipinski definition) is 7. The molecule has 2 aromatic heterocycles. The molecule has 1 N–H and O–H groups in total. The van der Waals surface area contributed by atoms with Crippen LogP contribution in [0.25, 0.3) is 11.0 Å². The molecule has 1 aliphatic rings. The van der Waals surface area contributed by atoms with Crippen LogP contribution in [0.2, 0.25) is 0 Å². The first-order valence-electron chi connectivity index (χ1n) is 11.2. The lowest BCUT2D eigenvalue weighted by Crippen LogP contribution is -2.53.